The second kappa shape index (κ2) is 3.98. The molecule has 0 aliphatic rings. The van der Waals surface area contributed by atoms with E-state index in [9.17, 15) is 4.79 Å². The fourth-order valence-electron chi connectivity index (χ4n) is 0.164. The number of carbonyl (C=O) groups is 1. The van der Waals surface area contributed by atoms with Crippen LogP contribution in [0.15, 0.2) is 0 Å². The Morgan fingerprint density at radius 3 is 2.50 bits per heavy atom. The minimum absolute atomic E-state index is 0.540. The quantitative estimate of drug-likeness (QED) is 0.443. The van der Waals surface area contributed by atoms with E-state index in [2.05, 4.69) is 4.74 Å². The number of carbonyl (C=O) groups excluding carboxylic acids is 1. The zero-order valence-electron chi connectivity index (χ0n) is 4.23. The molecule has 0 N–H and O–H groups in total. The minimum Gasteiger partial charge on any atom is -0.468 e. The molecule has 1 atom stereocenters. The lowest BCUT2D eigenvalue weighted by Gasteiger charge is -1.98. The molecule has 0 spiro atoms. The molecule has 0 heterocycles. The minimum atomic E-state index is -0.832. The summed E-state index contributed by atoms with van der Waals surface area (Å²) >= 11 is 10.3. The predicted octanol–water partition coefficient (Wildman–Crippen LogP) is 1.17. The molecule has 0 aliphatic carbocycles. The van der Waals surface area contributed by atoms with Crippen LogP contribution in [0.2, 0.25) is 0 Å². The fraction of sp³-hybridized carbons (Fsp3) is 0.500. The summed E-state index contributed by atoms with van der Waals surface area (Å²) in [4.78, 5) is 10.3. The van der Waals surface area contributed by atoms with Gasteiger partial charge in [0.05, 0.1) is 13.0 Å². The van der Waals surface area contributed by atoms with Crippen molar-refractivity contribution in [2.75, 3.05) is 7.11 Å². The molecule has 0 rings (SSSR count). The lowest BCUT2D eigenvalue weighted by molar-refractivity contribution is -0.139. The van der Waals surface area contributed by atoms with Crippen molar-refractivity contribution in [1.82, 2.24) is 0 Å². The molecule has 0 aromatic rings. The summed E-state index contributed by atoms with van der Waals surface area (Å²) in [7, 11) is 1.25. The van der Waals surface area contributed by atoms with Crippen molar-refractivity contribution in [1.29, 1.82) is 0 Å². The van der Waals surface area contributed by atoms with E-state index in [1.165, 1.54) is 7.11 Å². The van der Waals surface area contributed by atoms with E-state index >= 15 is 0 Å². The molecule has 0 saturated carbocycles. The Hall–Kier alpha value is 0.0500. The van der Waals surface area contributed by atoms with Crippen molar-refractivity contribution in [3.63, 3.8) is 0 Å². The maximum atomic E-state index is 10.3. The van der Waals surface area contributed by atoms with E-state index in [-0.39, 0.29) is 0 Å². The lowest BCUT2D eigenvalue weighted by Crippen LogP contribution is -2.14. The van der Waals surface area contributed by atoms with Crippen molar-refractivity contribution < 1.29 is 9.53 Å². The van der Waals surface area contributed by atoms with Crippen molar-refractivity contribution >= 4 is 29.2 Å². The first-order valence-electron chi connectivity index (χ1n) is 1.87. The molecule has 0 bridgehead atoms. The molecule has 0 saturated heterocycles. The molecule has 1 unspecified atom stereocenters. The van der Waals surface area contributed by atoms with Crippen LogP contribution in [0, 0.1) is 5.88 Å². The Morgan fingerprint density at radius 1 is 1.88 bits per heavy atom. The number of halogens is 2. The number of hydrogen-bond donors (Lipinski definition) is 0. The van der Waals surface area contributed by atoms with Crippen molar-refractivity contribution in [2.24, 2.45) is 0 Å². The van der Waals surface area contributed by atoms with Gasteiger partial charge >= 0.3 is 5.97 Å². The van der Waals surface area contributed by atoms with E-state index in [1.807, 2.05) is 0 Å². The largest absolute Gasteiger partial charge is 0.468 e. The van der Waals surface area contributed by atoms with E-state index in [1.54, 1.807) is 0 Å². The Labute approximate surface area is 57.7 Å². The van der Waals surface area contributed by atoms with Gasteiger partial charge in [-0.15, -0.1) is 23.2 Å². The molecule has 4 heteroatoms. The highest BCUT2D eigenvalue weighted by molar-refractivity contribution is 6.38. The van der Waals surface area contributed by atoms with Crippen LogP contribution < -0.4 is 0 Å². The molecule has 2 nitrogen and oxygen atoms in total. The molecule has 0 aromatic carbocycles. The smallest absolute Gasteiger partial charge is 0.325 e. The average Bonchev–Trinajstić information content (AvgIpc) is 1.84. The normalized spacial score (nSPS) is 12.9. The van der Waals surface area contributed by atoms with Crippen LogP contribution in [0.1, 0.15) is 0 Å². The highest BCUT2D eigenvalue weighted by Crippen LogP contribution is 2.04. The summed E-state index contributed by atoms with van der Waals surface area (Å²) in [5.74, 6) is 0.495. The highest BCUT2D eigenvalue weighted by Gasteiger charge is 2.13. The zero-order valence-corrected chi connectivity index (χ0v) is 5.74. The fourth-order valence-corrected chi connectivity index (χ4v) is 0.356. The van der Waals surface area contributed by atoms with Gasteiger partial charge in [-0.25, -0.2) is 0 Å². The van der Waals surface area contributed by atoms with Gasteiger partial charge in [-0.1, -0.05) is 0 Å². The van der Waals surface area contributed by atoms with Crippen molar-refractivity contribution in [3.8, 4) is 0 Å². The molecule has 47 valence electrons. The van der Waals surface area contributed by atoms with Gasteiger partial charge in [-0.3, -0.25) is 4.79 Å². The van der Waals surface area contributed by atoms with Crippen LogP contribution in [-0.4, -0.2) is 18.5 Å². The Morgan fingerprint density at radius 2 is 2.38 bits per heavy atom. The molecule has 0 aromatic heterocycles. The van der Waals surface area contributed by atoms with Crippen LogP contribution in [-0.2, 0) is 9.53 Å². The van der Waals surface area contributed by atoms with Crippen LogP contribution in [0.3, 0.4) is 0 Å². The van der Waals surface area contributed by atoms with Crippen LogP contribution in [0.5, 0.6) is 0 Å². The summed E-state index contributed by atoms with van der Waals surface area (Å²) in [6.45, 7) is 0. The summed E-state index contributed by atoms with van der Waals surface area (Å²) in [5, 5.41) is -0.832. The number of methoxy groups -OCH3 is 1. The summed E-state index contributed by atoms with van der Waals surface area (Å²) in [5.41, 5.74) is 0. The topological polar surface area (TPSA) is 26.3 Å². The van der Waals surface area contributed by atoms with Gasteiger partial charge in [-0.2, -0.15) is 0 Å². The second-order valence-electron chi connectivity index (χ2n) is 1.05. The van der Waals surface area contributed by atoms with Crippen molar-refractivity contribution in [2.45, 2.75) is 5.38 Å². The number of alkyl halides is 1. The molecule has 0 aliphatic heterocycles. The third-order valence-corrected chi connectivity index (χ3v) is 1.22. The van der Waals surface area contributed by atoms with Gasteiger partial charge in [-0.05, 0) is 0 Å². The molecule has 8 heavy (non-hydrogen) atoms. The van der Waals surface area contributed by atoms with Crippen LogP contribution in [0.25, 0.3) is 0 Å². The monoisotopic (exact) mass is 155 g/mol. The van der Waals surface area contributed by atoms with Gasteiger partial charge in [0.25, 0.3) is 0 Å². The number of ether oxygens (including phenoxy) is 1. The average molecular weight is 156 g/mol. The molecular weight excluding hydrogens is 151 g/mol. The van der Waals surface area contributed by atoms with E-state index in [0.717, 1.165) is 5.88 Å². The Kier molecular flexibility index (Phi) is 4.01. The summed E-state index contributed by atoms with van der Waals surface area (Å²) in [6, 6.07) is 0. The number of hydrogen-bond acceptors (Lipinski definition) is 2. The first-order valence-corrected chi connectivity index (χ1v) is 2.75. The maximum Gasteiger partial charge on any atom is 0.325 e. The summed E-state index contributed by atoms with van der Waals surface area (Å²) in [6.07, 6.45) is 0. The van der Waals surface area contributed by atoms with Crippen molar-refractivity contribution in [3.05, 3.63) is 5.88 Å². The third kappa shape index (κ3) is 2.38. The molecular formula is C4H5Cl2O2. The standard InChI is InChI=1S/C4H5Cl2O2/c1-8-4(7)3(6)2-5/h2-3H,1H3. The number of rotatable bonds is 2. The van der Waals surface area contributed by atoms with Crippen LogP contribution >= 0.6 is 23.2 Å². The van der Waals surface area contributed by atoms with Gasteiger partial charge in [0.2, 0.25) is 0 Å². The molecule has 0 fully saturated rings. The Balaban J connectivity index is 3.46. The van der Waals surface area contributed by atoms with Crippen LogP contribution in [0.4, 0.5) is 0 Å². The van der Waals surface area contributed by atoms with E-state index in [0.29, 0.717) is 0 Å². The lowest BCUT2D eigenvalue weighted by atomic mass is 10.5. The molecule has 0 amide bonds. The SMILES string of the molecule is COC(=O)C(Cl)[CH]Cl. The van der Waals surface area contributed by atoms with Gasteiger partial charge < -0.3 is 4.74 Å². The number of esters is 1. The first-order chi connectivity index (χ1) is 3.72. The molecule has 1 radical (unpaired) electrons. The maximum absolute atomic E-state index is 10.3. The highest BCUT2D eigenvalue weighted by atomic mass is 35.5. The second-order valence-corrected chi connectivity index (χ2v) is 1.77. The Bertz CT molecular complexity index is 84.1. The van der Waals surface area contributed by atoms with E-state index < -0.39 is 11.3 Å². The van der Waals surface area contributed by atoms with Gasteiger partial charge in [0.1, 0.15) is 5.38 Å². The predicted molar refractivity (Wildman–Crippen MR) is 31.8 cm³/mol. The summed E-state index contributed by atoms with van der Waals surface area (Å²) < 4.78 is 4.22. The first kappa shape index (κ1) is 8.05. The van der Waals surface area contributed by atoms with Gasteiger partial charge in [0, 0.05) is 0 Å². The zero-order chi connectivity index (χ0) is 6.57. The van der Waals surface area contributed by atoms with Gasteiger partial charge in [0.15, 0.2) is 0 Å². The van der Waals surface area contributed by atoms with E-state index in [4.69, 9.17) is 23.2 Å². The third-order valence-electron chi connectivity index (χ3n) is 0.537.